The first-order valence-electron chi connectivity index (χ1n) is 9.53. The van der Waals surface area contributed by atoms with Crippen molar-refractivity contribution in [1.82, 2.24) is 4.90 Å². The van der Waals surface area contributed by atoms with Gasteiger partial charge < -0.3 is 14.4 Å². The molecule has 1 aliphatic heterocycles. The number of carbonyl (C=O) groups excluding carboxylic acids is 1. The summed E-state index contributed by atoms with van der Waals surface area (Å²) >= 11 is 0. The van der Waals surface area contributed by atoms with Crippen LogP contribution in [-0.4, -0.2) is 43.2 Å². The van der Waals surface area contributed by atoms with Crippen molar-refractivity contribution in [2.24, 2.45) is 0 Å². The van der Waals surface area contributed by atoms with Gasteiger partial charge in [0.2, 0.25) is 0 Å². The van der Waals surface area contributed by atoms with Gasteiger partial charge in [-0.1, -0.05) is 43.7 Å². The quantitative estimate of drug-likeness (QED) is 0.538. The van der Waals surface area contributed by atoms with Crippen LogP contribution in [0.3, 0.4) is 0 Å². The Balaban J connectivity index is 0.00000261. The van der Waals surface area contributed by atoms with Crippen LogP contribution in [-0.2, 0) is 14.9 Å². The van der Waals surface area contributed by atoms with Crippen LogP contribution in [0.15, 0.2) is 42.0 Å². The fourth-order valence-electron chi connectivity index (χ4n) is 3.74. The monoisotopic (exact) mass is 391 g/mol. The molecule has 0 saturated carbocycles. The van der Waals surface area contributed by atoms with E-state index in [0.717, 1.165) is 31.0 Å². The van der Waals surface area contributed by atoms with Crippen LogP contribution in [0.4, 0.5) is 0 Å². The molecule has 0 saturated heterocycles. The summed E-state index contributed by atoms with van der Waals surface area (Å²) in [5.74, 6) is 0.683. The standard InChI is InChI=1S/C22H29NO3.ClH/c1-5-23(6-2)11-12-25-21(24)15-17-9-10-22(4)18-13-16(3)7-8-19(18)26-20(22)14-17;/h7-10,13,15,20H,5-6,11-12,14H2,1-4H3;1H/b17-15-;. The minimum Gasteiger partial charge on any atom is -0.489 e. The van der Waals surface area contributed by atoms with E-state index in [-0.39, 0.29) is 29.9 Å². The molecule has 2 unspecified atom stereocenters. The lowest BCUT2D eigenvalue weighted by atomic mass is 9.73. The molecular formula is C22H30ClNO3. The first-order chi connectivity index (χ1) is 12.5. The minimum atomic E-state index is -0.272. The van der Waals surface area contributed by atoms with Crippen molar-refractivity contribution in [2.45, 2.75) is 45.6 Å². The van der Waals surface area contributed by atoms with Crippen LogP contribution in [0.1, 0.15) is 38.3 Å². The molecule has 1 heterocycles. The number of carbonyl (C=O) groups is 1. The molecule has 3 rings (SSSR count). The Kier molecular flexibility index (Phi) is 7.12. The van der Waals surface area contributed by atoms with Gasteiger partial charge in [0.15, 0.2) is 0 Å². The zero-order valence-electron chi connectivity index (χ0n) is 16.7. The van der Waals surface area contributed by atoms with E-state index >= 15 is 0 Å². The molecule has 2 aliphatic rings. The number of hydrogen-bond donors (Lipinski definition) is 0. The summed E-state index contributed by atoms with van der Waals surface area (Å²) in [5, 5.41) is 0. The Labute approximate surface area is 168 Å². The number of ether oxygens (including phenoxy) is 2. The predicted molar refractivity (Wildman–Crippen MR) is 111 cm³/mol. The maximum absolute atomic E-state index is 12.1. The third-order valence-corrected chi connectivity index (χ3v) is 5.57. The number of fused-ring (bicyclic) bond motifs is 3. The lowest BCUT2D eigenvalue weighted by molar-refractivity contribution is -0.138. The molecule has 1 aliphatic carbocycles. The number of hydrogen-bond acceptors (Lipinski definition) is 4. The Bertz CT molecular complexity index is 739. The van der Waals surface area contributed by atoms with E-state index in [1.54, 1.807) is 6.08 Å². The Morgan fingerprint density at radius 2 is 2.11 bits per heavy atom. The molecular weight excluding hydrogens is 362 g/mol. The highest BCUT2D eigenvalue weighted by Gasteiger charge is 2.45. The van der Waals surface area contributed by atoms with Crippen LogP contribution in [0, 0.1) is 6.92 Å². The molecule has 0 fully saturated rings. The topological polar surface area (TPSA) is 38.8 Å². The zero-order chi connectivity index (χ0) is 18.7. The van der Waals surface area contributed by atoms with Crippen molar-refractivity contribution in [1.29, 1.82) is 0 Å². The Morgan fingerprint density at radius 1 is 1.37 bits per heavy atom. The number of aryl methyl sites for hydroxylation is 1. The number of allylic oxidation sites excluding steroid dienone is 1. The molecule has 2 atom stereocenters. The number of nitrogens with zero attached hydrogens (tertiary/aromatic N) is 1. The molecule has 0 aromatic heterocycles. The van der Waals surface area contributed by atoms with E-state index in [9.17, 15) is 4.79 Å². The maximum Gasteiger partial charge on any atom is 0.331 e. The van der Waals surface area contributed by atoms with Gasteiger partial charge in [-0.05, 0) is 38.6 Å². The zero-order valence-corrected chi connectivity index (χ0v) is 17.5. The van der Waals surface area contributed by atoms with E-state index in [2.05, 4.69) is 50.8 Å². The molecule has 0 spiro atoms. The summed E-state index contributed by atoms with van der Waals surface area (Å²) in [6.07, 6.45) is 6.56. The second-order valence-electron chi connectivity index (χ2n) is 7.34. The molecule has 0 radical (unpaired) electrons. The van der Waals surface area contributed by atoms with E-state index in [1.165, 1.54) is 11.1 Å². The van der Waals surface area contributed by atoms with Crippen LogP contribution in [0.25, 0.3) is 0 Å². The molecule has 4 nitrogen and oxygen atoms in total. The third-order valence-electron chi connectivity index (χ3n) is 5.57. The predicted octanol–water partition coefficient (Wildman–Crippen LogP) is 4.21. The average molecular weight is 392 g/mol. The number of esters is 1. The summed E-state index contributed by atoms with van der Waals surface area (Å²) in [4.78, 5) is 14.3. The summed E-state index contributed by atoms with van der Waals surface area (Å²) in [5.41, 5.74) is 3.30. The fourth-order valence-corrected chi connectivity index (χ4v) is 3.74. The van der Waals surface area contributed by atoms with Gasteiger partial charge in [-0.3, -0.25) is 0 Å². The van der Waals surface area contributed by atoms with Gasteiger partial charge in [0.1, 0.15) is 18.5 Å². The van der Waals surface area contributed by atoms with E-state index < -0.39 is 0 Å². The van der Waals surface area contributed by atoms with Gasteiger partial charge in [0, 0.05) is 24.6 Å². The summed E-state index contributed by atoms with van der Waals surface area (Å²) < 4.78 is 11.5. The number of rotatable bonds is 6. The summed E-state index contributed by atoms with van der Waals surface area (Å²) in [6.45, 7) is 11.7. The van der Waals surface area contributed by atoms with Gasteiger partial charge in [-0.25, -0.2) is 4.79 Å². The van der Waals surface area contributed by atoms with Crippen molar-refractivity contribution in [2.75, 3.05) is 26.2 Å². The second kappa shape index (κ2) is 8.94. The number of benzene rings is 1. The van der Waals surface area contributed by atoms with Crippen LogP contribution >= 0.6 is 12.4 Å². The van der Waals surface area contributed by atoms with Gasteiger partial charge in [0.25, 0.3) is 0 Å². The van der Waals surface area contributed by atoms with Gasteiger partial charge >= 0.3 is 5.97 Å². The average Bonchev–Trinajstić information content (AvgIpc) is 2.91. The van der Waals surface area contributed by atoms with Crippen LogP contribution < -0.4 is 4.74 Å². The Morgan fingerprint density at radius 3 is 2.81 bits per heavy atom. The lowest BCUT2D eigenvalue weighted by Gasteiger charge is -2.31. The first-order valence-corrected chi connectivity index (χ1v) is 9.53. The molecule has 148 valence electrons. The summed E-state index contributed by atoms with van der Waals surface area (Å²) in [7, 11) is 0. The van der Waals surface area contributed by atoms with Gasteiger partial charge in [0.05, 0.1) is 5.41 Å². The lowest BCUT2D eigenvalue weighted by Crippen LogP contribution is -2.36. The van der Waals surface area contributed by atoms with Crippen molar-refractivity contribution in [3.63, 3.8) is 0 Å². The van der Waals surface area contributed by atoms with Gasteiger partial charge in [-0.15, -0.1) is 12.4 Å². The van der Waals surface area contributed by atoms with Crippen molar-refractivity contribution >= 4 is 18.4 Å². The van der Waals surface area contributed by atoms with Crippen molar-refractivity contribution < 1.29 is 14.3 Å². The highest BCUT2D eigenvalue weighted by atomic mass is 35.5. The molecule has 5 heteroatoms. The van der Waals surface area contributed by atoms with Crippen molar-refractivity contribution in [3.05, 3.63) is 53.1 Å². The van der Waals surface area contributed by atoms with E-state index in [0.29, 0.717) is 13.0 Å². The molecule has 0 N–H and O–H groups in total. The largest absolute Gasteiger partial charge is 0.489 e. The van der Waals surface area contributed by atoms with Gasteiger partial charge in [-0.2, -0.15) is 0 Å². The second-order valence-corrected chi connectivity index (χ2v) is 7.34. The number of likely N-dealkylation sites (N-methyl/N-ethyl adjacent to an activating group) is 1. The summed E-state index contributed by atoms with van der Waals surface area (Å²) in [6, 6.07) is 6.33. The minimum absolute atomic E-state index is 0. The van der Waals surface area contributed by atoms with E-state index in [4.69, 9.17) is 9.47 Å². The van der Waals surface area contributed by atoms with E-state index in [1.807, 2.05) is 12.1 Å². The molecule has 1 aromatic carbocycles. The first kappa shape index (κ1) is 21.5. The SMILES string of the molecule is CCN(CC)CCOC(=O)/C=C1/C=CC2(C)c3cc(C)ccc3OC2C1.Cl. The highest BCUT2D eigenvalue weighted by Crippen LogP contribution is 2.48. The van der Waals surface area contributed by atoms with Crippen molar-refractivity contribution in [3.8, 4) is 5.75 Å². The highest BCUT2D eigenvalue weighted by molar-refractivity contribution is 5.85. The fraction of sp³-hybridized carbons (Fsp3) is 0.500. The van der Waals surface area contributed by atoms with Crippen LogP contribution in [0.5, 0.6) is 5.75 Å². The third kappa shape index (κ3) is 4.56. The molecule has 1 aromatic rings. The molecule has 0 bridgehead atoms. The van der Waals surface area contributed by atoms with Crippen LogP contribution in [0.2, 0.25) is 0 Å². The molecule has 27 heavy (non-hydrogen) atoms. The Hall–Kier alpha value is -1.78. The maximum atomic E-state index is 12.1. The smallest absolute Gasteiger partial charge is 0.331 e. The normalized spacial score (nSPS) is 24.2. The number of halogens is 1. The molecule has 0 amide bonds.